The van der Waals surface area contributed by atoms with Gasteiger partial charge in [-0.15, -0.1) is 11.6 Å². The van der Waals surface area contributed by atoms with Gasteiger partial charge in [-0.2, -0.15) is 0 Å². The van der Waals surface area contributed by atoms with Gasteiger partial charge in [0.25, 0.3) is 0 Å². The van der Waals surface area contributed by atoms with Crippen molar-refractivity contribution in [2.24, 2.45) is 11.8 Å². The molecule has 2 N–H and O–H groups in total. The molecular weight excluding hydrogens is 457 g/mol. The van der Waals surface area contributed by atoms with Gasteiger partial charge < -0.3 is 19.8 Å². The van der Waals surface area contributed by atoms with E-state index < -0.39 is 5.79 Å². The predicted octanol–water partition coefficient (Wildman–Crippen LogP) is 4.66. The largest absolute Gasteiger partial charge is 0.448 e. The Morgan fingerprint density at radius 1 is 1.18 bits per heavy atom. The van der Waals surface area contributed by atoms with Gasteiger partial charge in [0.2, 0.25) is 0 Å². The molecule has 5 nitrogen and oxygen atoms in total. The Morgan fingerprint density at radius 2 is 1.91 bits per heavy atom. The number of aliphatic hydroxyl groups is 2. The summed E-state index contributed by atoms with van der Waals surface area (Å²) in [6.07, 6.45) is 2.67. The predicted molar refractivity (Wildman–Crippen MR) is 129 cm³/mol. The van der Waals surface area contributed by atoms with Crippen LogP contribution in [-0.2, 0) is 24.0 Å². The van der Waals surface area contributed by atoms with E-state index >= 15 is 0 Å². The van der Waals surface area contributed by atoms with Gasteiger partial charge in [-0.1, -0.05) is 37.3 Å². The van der Waals surface area contributed by atoms with Crippen LogP contribution in [-0.4, -0.2) is 52.6 Å². The number of benzene rings is 2. The molecule has 4 rings (SSSR count). The lowest BCUT2D eigenvalue weighted by atomic mass is 9.76. The summed E-state index contributed by atoms with van der Waals surface area (Å²) in [7, 11) is 0. The van der Waals surface area contributed by atoms with Crippen LogP contribution in [0.3, 0.4) is 0 Å². The molecule has 1 aliphatic carbocycles. The molecule has 7 heteroatoms. The molecule has 1 aliphatic heterocycles. The van der Waals surface area contributed by atoms with Crippen molar-refractivity contribution in [1.29, 1.82) is 0 Å². The fourth-order valence-corrected chi connectivity index (χ4v) is 5.62. The Balaban J connectivity index is 1.51. The maximum Gasteiger partial charge on any atom is 0.409 e. The molecule has 3 atom stereocenters. The van der Waals surface area contributed by atoms with Crippen LogP contribution in [0.2, 0.25) is 0 Å². The fraction of sp³-hybridized carbons (Fsp3) is 0.519. The number of carbonyl (C=O) groups excluding carboxylic acids is 1. The maximum absolute atomic E-state index is 13.5. The van der Waals surface area contributed by atoms with E-state index in [-0.39, 0.29) is 55.0 Å². The monoisotopic (exact) mass is 489 g/mol. The van der Waals surface area contributed by atoms with Crippen LogP contribution < -0.4 is 0 Å². The molecule has 1 heterocycles. The summed E-state index contributed by atoms with van der Waals surface area (Å²) in [5.41, 5.74) is 4.23. The van der Waals surface area contributed by atoms with Crippen LogP contribution in [0, 0.1) is 17.7 Å². The minimum absolute atomic E-state index is 0.185. The SMILES string of the molecule is CC1C(c2ccc(F)cc2)CCN(C(=O)OCCCl)C[C@H]1CCc1ccc2c(c1)CC(O)(O)C2. The van der Waals surface area contributed by atoms with E-state index in [1.165, 1.54) is 12.1 Å². The number of nitrogens with zero attached hydrogens (tertiary/aromatic N) is 1. The van der Waals surface area contributed by atoms with Crippen molar-refractivity contribution in [2.45, 2.75) is 50.7 Å². The van der Waals surface area contributed by atoms with Crippen LogP contribution in [0.4, 0.5) is 9.18 Å². The van der Waals surface area contributed by atoms with Crippen LogP contribution in [0.25, 0.3) is 0 Å². The van der Waals surface area contributed by atoms with E-state index in [4.69, 9.17) is 16.3 Å². The van der Waals surface area contributed by atoms with Gasteiger partial charge in [-0.3, -0.25) is 0 Å². The number of ether oxygens (including phenoxy) is 1. The molecule has 0 bridgehead atoms. The van der Waals surface area contributed by atoms with Crippen LogP contribution in [0.1, 0.15) is 47.9 Å². The zero-order valence-corrected chi connectivity index (χ0v) is 20.3. The summed E-state index contributed by atoms with van der Waals surface area (Å²) < 4.78 is 18.9. The Morgan fingerprint density at radius 3 is 2.65 bits per heavy atom. The minimum atomic E-state index is -1.65. The first-order valence-electron chi connectivity index (χ1n) is 12.0. The fourth-order valence-electron chi connectivity index (χ4n) is 5.54. The normalized spacial score (nSPS) is 23.9. The Bertz CT molecular complexity index is 997. The average molecular weight is 490 g/mol. The first kappa shape index (κ1) is 25.0. The van der Waals surface area contributed by atoms with Gasteiger partial charge in [0.1, 0.15) is 12.4 Å². The molecule has 2 aromatic rings. The number of alkyl halides is 1. The maximum atomic E-state index is 13.5. The van der Waals surface area contributed by atoms with Crippen LogP contribution >= 0.6 is 11.6 Å². The smallest absolute Gasteiger partial charge is 0.409 e. The minimum Gasteiger partial charge on any atom is -0.448 e. The van der Waals surface area contributed by atoms with Crippen molar-refractivity contribution in [2.75, 3.05) is 25.6 Å². The van der Waals surface area contributed by atoms with Crippen LogP contribution in [0.15, 0.2) is 42.5 Å². The van der Waals surface area contributed by atoms with Gasteiger partial charge in [0.15, 0.2) is 5.79 Å². The Kier molecular flexibility index (Phi) is 7.80. The second-order valence-electron chi connectivity index (χ2n) is 9.79. The number of aryl methyl sites for hydroxylation is 1. The molecule has 184 valence electrons. The Labute approximate surface area is 205 Å². The van der Waals surface area contributed by atoms with Gasteiger partial charge in [0.05, 0.1) is 5.88 Å². The first-order chi connectivity index (χ1) is 16.3. The second kappa shape index (κ2) is 10.6. The molecular formula is C27H33ClFNO4. The lowest BCUT2D eigenvalue weighted by molar-refractivity contribution is -0.150. The third-order valence-electron chi connectivity index (χ3n) is 7.42. The van der Waals surface area contributed by atoms with Crippen LogP contribution in [0.5, 0.6) is 0 Å². The number of likely N-dealkylation sites (tertiary alicyclic amines) is 1. The molecule has 0 aromatic heterocycles. The third-order valence-corrected chi connectivity index (χ3v) is 7.58. The highest BCUT2D eigenvalue weighted by Gasteiger charge is 2.35. The highest BCUT2D eigenvalue weighted by molar-refractivity contribution is 6.18. The lowest BCUT2D eigenvalue weighted by Crippen LogP contribution is -2.36. The molecule has 2 aromatic carbocycles. The van der Waals surface area contributed by atoms with Crippen molar-refractivity contribution in [1.82, 2.24) is 4.90 Å². The second-order valence-corrected chi connectivity index (χ2v) is 10.2. The Hall–Kier alpha value is -2.15. The van der Waals surface area contributed by atoms with E-state index in [2.05, 4.69) is 19.1 Å². The third kappa shape index (κ3) is 5.91. The highest BCUT2D eigenvalue weighted by atomic mass is 35.5. The summed E-state index contributed by atoms with van der Waals surface area (Å²) in [6, 6.07) is 12.8. The van der Waals surface area contributed by atoms with Crippen molar-refractivity contribution in [3.05, 3.63) is 70.5 Å². The average Bonchev–Trinajstić information content (AvgIpc) is 3.02. The number of carbonyl (C=O) groups is 1. The molecule has 2 unspecified atom stereocenters. The molecule has 0 radical (unpaired) electrons. The summed E-state index contributed by atoms with van der Waals surface area (Å²) >= 11 is 5.70. The highest BCUT2D eigenvalue weighted by Crippen LogP contribution is 2.39. The first-order valence-corrected chi connectivity index (χ1v) is 12.6. The van der Waals surface area contributed by atoms with Gasteiger partial charge in [0, 0.05) is 25.9 Å². The number of hydrogen-bond acceptors (Lipinski definition) is 4. The molecule has 0 saturated carbocycles. The zero-order valence-electron chi connectivity index (χ0n) is 19.6. The zero-order chi connectivity index (χ0) is 24.3. The van der Waals surface area contributed by atoms with E-state index in [0.717, 1.165) is 41.5 Å². The summed E-state index contributed by atoms with van der Waals surface area (Å²) in [4.78, 5) is 14.4. The van der Waals surface area contributed by atoms with Gasteiger partial charge in [-0.25, -0.2) is 9.18 Å². The molecule has 34 heavy (non-hydrogen) atoms. The van der Waals surface area contributed by atoms with E-state index in [0.29, 0.717) is 13.1 Å². The molecule has 0 spiro atoms. The molecule has 2 aliphatic rings. The summed E-state index contributed by atoms with van der Waals surface area (Å²) in [5, 5.41) is 20.0. The topological polar surface area (TPSA) is 70.0 Å². The number of fused-ring (bicyclic) bond motifs is 1. The summed E-state index contributed by atoms with van der Waals surface area (Å²) in [5.74, 6) is -0.917. The van der Waals surface area contributed by atoms with Crippen molar-refractivity contribution in [3.63, 3.8) is 0 Å². The molecule has 1 fully saturated rings. The van der Waals surface area contributed by atoms with Crippen molar-refractivity contribution >= 4 is 17.7 Å². The lowest BCUT2D eigenvalue weighted by Gasteiger charge is -2.29. The number of amides is 1. The van der Waals surface area contributed by atoms with E-state index in [1.54, 1.807) is 4.90 Å². The quantitative estimate of drug-likeness (QED) is 0.457. The standard InChI is InChI=1S/C27H33ClFNO4/c1-18-22(5-3-19-2-4-21-15-27(32,33)16-23(21)14-19)17-30(26(31)34-13-11-28)12-10-25(18)20-6-8-24(29)9-7-20/h2,4,6-9,14,18,22,25,32-33H,3,5,10-13,15-17H2,1H3/t18?,22-,25?/m1/s1. The van der Waals surface area contributed by atoms with Crippen molar-refractivity contribution in [3.8, 4) is 0 Å². The number of hydrogen-bond donors (Lipinski definition) is 2. The van der Waals surface area contributed by atoms with E-state index in [1.807, 2.05) is 18.2 Å². The molecule has 1 amide bonds. The number of rotatable bonds is 6. The number of halogens is 2. The van der Waals surface area contributed by atoms with Crippen molar-refractivity contribution < 1.29 is 24.1 Å². The molecule has 1 saturated heterocycles. The summed E-state index contributed by atoms with van der Waals surface area (Å²) in [6.45, 7) is 3.59. The van der Waals surface area contributed by atoms with Gasteiger partial charge >= 0.3 is 6.09 Å². The van der Waals surface area contributed by atoms with Gasteiger partial charge in [-0.05, 0) is 71.4 Å². The van der Waals surface area contributed by atoms with E-state index in [9.17, 15) is 19.4 Å².